The van der Waals surface area contributed by atoms with E-state index in [1.807, 2.05) is 27.7 Å². The van der Waals surface area contributed by atoms with Gasteiger partial charge in [0.05, 0.1) is 27.7 Å². The first kappa shape index (κ1) is 18.7. The van der Waals surface area contributed by atoms with Crippen LogP contribution in [0.1, 0.15) is 53.9 Å². The number of hydrogen-bond acceptors (Lipinski definition) is 0. The van der Waals surface area contributed by atoms with Crippen LogP contribution in [0.25, 0.3) is 0 Å². The third kappa shape index (κ3) is 33.4. The highest BCUT2D eigenvalue weighted by molar-refractivity contribution is 4.34. The molecule has 0 aromatic carbocycles. The molecular weight excluding hydrogens is 158 g/mol. The molecule has 0 heterocycles. The summed E-state index contributed by atoms with van der Waals surface area (Å²) in [5, 5.41) is 0. The summed E-state index contributed by atoms with van der Waals surface area (Å²) in [6.45, 7) is 11.6. The van der Waals surface area contributed by atoms with Crippen LogP contribution in [0.4, 0.5) is 0 Å². The Hall–Kier alpha value is -0.0400. The van der Waals surface area contributed by atoms with E-state index in [1.54, 1.807) is 0 Å². The lowest BCUT2D eigenvalue weighted by atomic mass is 10.2. The summed E-state index contributed by atoms with van der Waals surface area (Å²) in [5.41, 5.74) is 0. The van der Waals surface area contributed by atoms with Gasteiger partial charge in [0.25, 0.3) is 0 Å². The van der Waals surface area contributed by atoms with Crippen LogP contribution in [0.5, 0.6) is 0 Å². The van der Waals surface area contributed by atoms with Gasteiger partial charge in [-0.1, -0.05) is 41.0 Å². The molecular formula is C12H32N+. The Labute approximate surface area is 86.7 Å². The van der Waals surface area contributed by atoms with Crippen molar-refractivity contribution in [2.24, 2.45) is 0 Å². The standard InChI is InChI=1S/C8H20N.2C2H6/c1-5-6-7-8-9(2,3)4;2*1-2/h5-8H2,1-4H3;2*1-2H3/q+1;;. The van der Waals surface area contributed by atoms with Crippen molar-refractivity contribution in [3.05, 3.63) is 0 Å². The van der Waals surface area contributed by atoms with Gasteiger partial charge in [0.2, 0.25) is 0 Å². The molecule has 0 spiro atoms. The van der Waals surface area contributed by atoms with E-state index < -0.39 is 0 Å². The molecule has 0 amide bonds. The third-order valence-electron chi connectivity index (χ3n) is 1.43. The summed E-state index contributed by atoms with van der Waals surface area (Å²) in [7, 11) is 6.74. The summed E-state index contributed by atoms with van der Waals surface area (Å²) >= 11 is 0. The molecule has 0 radical (unpaired) electrons. The van der Waals surface area contributed by atoms with Crippen molar-refractivity contribution in [2.75, 3.05) is 27.7 Å². The molecule has 0 aliphatic heterocycles. The van der Waals surface area contributed by atoms with Crippen molar-refractivity contribution in [3.8, 4) is 0 Å². The molecule has 0 unspecified atom stereocenters. The second kappa shape index (κ2) is 14.5. The summed E-state index contributed by atoms with van der Waals surface area (Å²) < 4.78 is 1.11. The van der Waals surface area contributed by atoms with Crippen LogP contribution in [0, 0.1) is 0 Å². The lowest BCUT2D eigenvalue weighted by Gasteiger charge is -2.23. The van der Waals surface area contributed by atoms with Crippen molar-refractivity contribution in [1.82, 2.24) is 0 Å². The molecule has 0 fully saturated rings. The maximum Gasteiger partial charge on any atom is 0.0780 e. The van der Waals surface area contributed by atoms with Crippen molar-refractivity contribution in [3.63, 3.8) is 0 Å². The molecule has 0 aliphatic rings. The number of rotatable bonds is 4. The van der Waals surface area contributed by atoms with Gasteiger partial charge in [0.1, 0.15) is 0 Å². The molecule has 13 heavy (non-hydrogen) atoms. The predicted octanol–water partition coefficient (Wildman–Crippen LogP) is 3.94. The first-order chi connectivity index (χ1) is 6.06. The van der Waals surface area contributed by atoms with Gasteiger partial charge >= 0.3 is 0 Å². The van der Waals surface area contributed by atoms with Gasteiger partial charge < -0.3 is 4.48 Å². The van der Waals surface area contributed by atoms with Gasteiger partial charge in [0, 0.05) is 0 Å². The van der Waals surface area contributed by atoms with Crippen molar-refractivity contribution >= 4 is 0 Å². The Balaban J connectivity index is -0.000000218. The molecule has 0 saturated heterocycles. The van der Waals surface area contributed by atoms with Crippen LogP contribution < -0.4 is 0 Å². The Bertz CT molecular complexity index is 62.0. The van der Waals surface area contributed by atoms with E-state index in [9.17, 15) is 0 Å². The normalized spacial score (nSPS) is 9.23. The SMILES string of the molecule is CC.CC.CCCCC[N+](C)(C)C. The highest BCUT2D eigenvalue weighted by Crippen LogP contribution is 1.98. The Morgan fingerprint density at radius 1 is 0.769 bits per heavy atom. The Kier molecular flexibility index (Phi) is 20.8. The zero-order valence-corrected chi connectivity index (χ0v) is 11.3. The molecule has 0 aromatic heterocycles. The lowest BCUT2D eigenvalue weighted by Crippen LogP contribution is -2.35. The van der Waals surface area contributed by atoms with E-state index in [1.165, 1.54) is 25.8 Å². The zero-order valence-electron chi connectivity index (χ0n) is 11.3. The van der Waals surface area contributed by atoms with Crippen LogP contribution in [-0.4, -0.2) is 32.2 Å². The molecule has 84 valence electrons. The van der Waals surface area contributed by atoms with E-state index in [0.717, 1.165) is 4.48 Å². The van der Waals surface area contributed by atoms with Crippen LogP contribution in [0.15, 0.2) is 0 Å². The minimum atomic E-state index is 1.11. The highest BCUT2D eigenvalue weighted by Gasteiger charge is 2.03. The molecule has 0 bridgehead atoms. The topological polar surface area (TPSA) is 0 Å². The number of hydrogen-bond donors (Lipinski definition) is 0. The first-order valence-electron chi connectivity index (χ1n) is 5.86. The quantitative estimate of drug-likeness (QED) is 0.465. The van der Waals surface area contributed by atoms with E-state index in [0.29, 0.717) is 0 Å². The Morgan fingerprint density at radius 3 is 1.38 bits per heavy atom. The maximum absolute atomic E-state index is 2.25. The van der Waals surface area contributed by atoms with E-state index in [-0.39, 0.29) is 0 Å². The van der Waals surface area contributed by atoms with E-state index in [2.05, 4.69) is 28.1 Å². The van der Waals surface area contributed by atoms with Crippen LogP contribution in [-0.2, 0) is 0 Å². The summed E-state index contributed by atoms with van der Waals surface area (Å²) in [6.07, 6.45) is 4.09. The summed E-state index contributed by atoms with van der Waals surface area (Å²) in [4.78, 5) is 0. The molecule has 1 nitrogen and oxygen atoms in total. The monoisotopic (exact) mass is 190 g/mol. The fourth-order valence-electron chi connectivity index (χ4n) is 0.836. The third-order valence-corrected chi connectivity index (χ3v) is 1.43. The smallest absolute Gasteiger partial charge is 0.0780 e. The van der Waals surface area contributed by atoms with E-state index in [4.69, 9.17) is 0 Å². The molecule has 1 heteroatoms. The van der Waals surface area contributed by atoms with Gasteiger partial charge in [-0.25, -0.2) is 0 Å². The lowest BCUT2D eigenvalue weighted by molar-refractivity contribution is -0.870. The largest absolute Gasteiger partial charge is 0.331 e. The summed E-state index contributed by atoms with van der Waals surface area (Å²) in [6, 6.07) is 0. The Morgan fingerprint density at radius 2 is 1.15 bits per heavy atom. The van der Waals surface area contributed by atoms with E-state index >= 15 is 0 Å². The van der Waals surface area contributed by atoms with Crippen LogP contribution >= 0.6 is 0 Å². The van der Waals surface area contributed by atoms with Crippen LogP contribution in [0.2, 0.25) is 0 Å². The zero-order chi connectivity index (χ0) is 11.3. The molecule has 0 N–H and O–H groups in total. The predicted molar refractivity (Wildman–Crippen MR) is 65.1 cm³/mol. The first-order valence-corrected chi connectivity index (χ1v) is 5.86. The average molecular weight is 190 g/mol. The van der Waals surface area contributed by atoms with Gasteiger partial charge in [-0.3, -0.25) is 0 Å². The highest BCUT2D eigenvalue weighted by atomic mass is 15.3. The van der Waals surface area contributed by atoms with Gasteiger partial charge in [-0.2, -0.15) is 0 Å². The molecule has 0 aliphatic carbocycles. The van der Waals surface area contributed by atoms with Crippen molar-refractivity contribution < 1.29 is 4.48 Å². The molecule has 0 atom stereocenters. The second-order valence-electron chi connectivity index (χ2n) is 3.72. The molecule has 0 aromatic rings. The number of unbranched alkanes of at least 4 members (excludes halogenated alkanes) is 2. The fourth-order valence-corrected chi connectivity index (χ4v) is 0.836. The molecule has 0 saturated carbocycles. The minimum absolute atomic E-state index is 1.11. The average Bonchev–Trinajstić information content (AvgIpc) is 2.10. The van der Waals surface area contributed by atoms with Crippen molar-refractivity contribution in [1.29, 1.82) is 0 Å². The van der Waals surface area contributed by atoms with Crippen LogP contribution in [0.3, 0.4) is 0 Å². The minimum Gasteiger partial charge on any atom is -0.331 e. The van der Waals surface area contributed by atoms with Gasteiger partial charge in [-0.15, -0.1) is 0 Å². The fraction of sp³-hybridized carbons (Fsp3) is 1.00. The molecule has 0 rings (SSSR count). The summed E-state index contributed by atoms with van der Waals surface area (Å²) in [5.74, 6) is 0. The number of quaternary nitrogens is 1. The maximum atomic E-state index is 2.25. The number of nitrogens with zero attached hydrogens (tertiary/aromatic N) is 1. The van der Waals surface area contributed by atoms with Crippen molar-refractivity contribution in [2.45, 2.75) is 53.9 Å². The second-order valence-corrected chi connectivity index (χ2v) is 3.72. The van der Waals surface area contributed by atoms with Gasteiger partial charge in [-0.05, 0) is 12.8 Å². The van der Waals surface area contributed by atoms with Gasteiger partial charge in [0.15, 0.2) is 0 Å².